The fraction of sp³-hybridized carbons (Fsp3) is 0.351. The number of likely N-dealkylation sites (tertiary alicyclic amines) is 2. The second kappa shape index (κ2) is 14.3. The Labute approximate surface area is 293 Å². The van der Waals surface area contributed by atoms with Gasteiger partial charge in [0.1, 0.15) is 17.1 Å². The molecular formula is C37H39ClN8O4. The summed E-state index contributed by atoms with van der Waals surface area (Å²) in [4.78, 5) is 61.6. The molecule has 0 bridgehead atoms. The molecule has 4 heterocycles. The fourth-order valence-electron chi connectivity index (χ4n) is 7.53. The number of amides is 4. The highest BCUT2D eigenvalue weighted by atomic mass is 35.5. The van der Waals surface area contributed by atoms with E-state index in [4.69, 9.17) is 11.6 Å². The molecule has 50 heavy (non-hydrogen) atoms. The Morgan fingerprint density at radius 3 is 2.56 bits per heavy atom. The predicted octanol–water partition coefficient (Wildman–Crippen LogP) is 3.74. The van der Waals surface area contributed by atoms with E-state index in [1.54, 1.807) is 41.1 Å². The highest BCUT2D eigenvalue weighted by Gasteiger charge is 2.48. The van der Waals surface area contributed by atoms with Gasteiger partial charge in [0.15, 0.2) is 0 Å². The first-order valence-electron chi connectivity index (χ1n) is 17.0. The number of likely N-dealkylation sites (N-methyl/N-ethyl adjacent to an activating group) is 1. The Morgan fingerprint density at radius 1 is 0.940 bits per heavy atom. The van der Waals surface area contributed by atoms with Crippen molar-refractivity contribution in [2.45, 2.75) is 31.7 Å². The fourth-order valence-corrected chi connectivity index (χ4v) is 7.71. The van der Waals surface area contributed by atoms with E-state index in [0.29, 0.717) is 54.1 Å². The predicted molar refractivity (Wildman–Crippen MR) is 189 cm³/mol. The lowest BCUT2D eigenvalue weighted by Gasteiger charge is -2.40. The minimum atomic E-state index is -0.730. The Hall–Kier alpha value is -5.23. The number of H-pyrrole nitrogens is 2. The number of fused-ring (bicyclic) bond motifs is 3. The second-order valence-electron chi connectivity index (χ2n) is 13.3. The van der Waals surface area contributed by atoms with Crippen molar-refractivity contribution in [3.05, 3.63) is 94.6 Å². The molecule has 0 radical (unpaired) electrons. The third-order valence-corrected chi connectivity index (χ3v) is 10.4. The number of carbonyl (C=O) groups is 4. The van der Waals surface area contributed by atoms with Crippen LogP contribution in [0.2, 0.25) is 5.02 Å². The van der Waals surface area contributed by atoms with E-state index in [0.717, 1.165) is 28.5 Å². The summed E-state index contributed by atoms with van der Waals surface area (Å²) in [6, 6.07) is 20.0. The van der Waals surface area contributed by atoms with Gasteiger partial charge in [-0.3, -0.25) is 19.2 Å². The first-order chi connectivity index (χ1) is 24.3. The maximum absolute atomic E-state index is 14.2. The minimum Gasteiger partial charge on any atom is -0.361 e. The molecule has 3 aromatic carbocycles. The van der Waals surface area contributed by atoms with Crippen molar-refractivity contribution in [2.75, 3.05) is 33.2 Å². The number of hydrogen-bond acceptors (Lipinski definition) is 6. The van der Waals surface area contributed by atoms with Gasteiger partial charge in [0.2, 0.25) is 17.7 Å². The van der Waals surface area contributed by atoms with Crippen molar-refractivity contribution in [1.82, 2.24) is 40.8 Å². The highest BCUT2D eigenvalue weighted by molar-refractivity contribution is 6.31. The number of hydrogen-bond donors (Lipinski definition) is 4. The van der Waals surface area contributed by atoms with Crippen molar-refractivity contribution in [3.63, 3.8) is 0 Å². The van der Waals surface area contributed by atoms with Crippen LogP contribution in [-0.4, -0.2) is 93.1 Å². The van der Waals surface area contributed by atoms with Crippen molar-refractivity contribution in [2.24, 2.45) is 17.8 Å². The lowest BCUT2D eigenvalue weighted by atomic mass is 9.79. The summed E-state index contributed by atoms with van der Waals surface area (Å²) in [5.41, 5.74) is 4.59. The van der Waals surface area contributed by atoms with Crippen LogP contribution in [0.4, 0.5) is 0 Å². The molecule has 2 saturated heterocycles. The second-order valence-corrected chi connectivity index (χ2v) is 13.7. The van der Waals surface area contributed by atoms with Gasteiger partial charge in [0.05, 0.1) is 12.3 Å². The number of aryl methyl sites for hydroxylation is 1. The van der Waals surface area contributed by atoms with E-state index in [2.05, 4.69) is 31.0 Å². The molecule has 13 heteroatoms. The maximum atomic E-state index is 14.2. The number of benzene rings is 3. The van der Waals surface area contributed by atoms with Crippen LogP contribution in [0.1, 0.15) is 34.3 Å². The molecule has 2 aromatic heterocycles. The molecule has 3 unspecified atom stereocenters. The topological polar surface area (TPSA) is 156 Å². The van der Waals surface area contributed by atoms with Gasteiger partial charge in [-0.05, 0) is 72.6 Å². The first-order valence-corrected chi connectivity index (χ1v) is 17.3. The number of aromatic amines is 2. The van der Waals surface area contributed by atoms with Gasteiger partial charge in [-0.1, -0.05) is 48.0 Å². The average Bonchev–Trinajstić information content (AvgIpc) is 3.88. The molecular weight excluding hydrogens is 656 g/mol. The van der Waals surface area contributed by atoms with Gasteiger partial charge >= 0.3 is 0 Å². The van der Waals surface area contributed by atoms with Crippen LogP contribution in [0.5, 0.6) is 0 Å². The monoisotopic (exact) mass is 694 g/mol. The van der Waals surface area contributed by atoms with E-state index in [-0.39, 0.29) is 48.4 Å². The summed E-state index contributed by atoms with van der Waals surface area (Å²) in [6.45, 7) is 1.37. The quantitative estimate of drug-likeness (QED) is 0.175. The smallest absolute Gasteiger partial charge is 0.253 e. The third kappa shape index (κ3) is 6.93. The molecule has 2 aliphatic heterocycles. The number of halogens is 1. The Morgan fingerprint density at radius 2 is 1.74 bits per heavy atom. The summed E-state index contributed by atoms with van der Waals surface area (Å²) in [5, 5.41) is 18.0. The van der Waals surface area contributed by atoms with Crippen LogP contribution in [-0.2, 0) is 27.2 Å². The molecule has 7 rings (SSSR count). The molecule has 4 N–H and O–H groups in total. The molecule has 5 aromatic rings. The summed E-state index contributed by atoms with van der Waals surface area (Å²) in [6.07, 6.45) is 3.91. The molecule has 2 fully saturated rings. The van der Waals surface area contributed by atoms with Gasteiger partial charge in [-0.25, -0.2) is 0 Å². The van der Waals surface area contributed by atoms with Crippen LogP contribution in [0.25, 0.3) is 21.9 Å². The van der Waals surface area contributed by atoms with Crippen molar-refractivity contribution >= 4 is 57.2 Å². The summed E-state index contributed by atoms with van der Waals surface area (Å²) in [7, 11) is 1.56. The van der Waals surface area contributed by atoms with Crippen LogP contribution < -0.4 is 10.6 Å². The number of nitrogens with zero attached hydrogens (tertiary/aromatic N) is 4. The Balaban J connectivity index is 1.10. The van der Waals surface area contributed by atoms with E-state index < -0.39 is 12.0 Å². The van der Waals surface area contributed by atoms with E-state index >= 15 is 0 Å². The van der Waals surface area contributed by atoms with Gasteiger partial charge in [0.25, 0.3) is 5.91 Å². The number of aromatic nitrogens is 4. The number of piperidine rings is 1. The first kappa shape index (κ1) is 33.3. The zero-order chi connectivity index (χ0) is 34.8. The maximum Gasteiger partial charge on any atom is 0.253 e. The summed E-state index contributed by atoms with van der Waals surface area (Å²) >= 11 is 6.17. The summed E-state index contributed by atoms with van der Waals surface area (Å²) in [5.74, 6) is -1.75. The lowest BCUT2D eigenvalue weighted by Crippen LogP contribution is -2.56. The van der Waals surface area contributed by atoms with Gasteiger partial charge in [0, 0.05) is 60.9 Å². The van der Waals surface area contributed by atoms with Gasteiger partial charge in [-0.15, -0.1) is 0 Å². The van der Waals surface area contributed by atoms with E-state index in [1.807, 2.05) is 48.7 Å². The lowest BCUT2D eigenvalue weighted by molar-refractivity contribution is -0.140. The molecule has 4 atom stereocenters. The minimum absolute atomic E-state index is 0.107. The zero-order valence-corrected chi connectivity index (χ0v) is 28.5. The average molecular weight is 695 g/mol. The van der Waals surface area contributed by atoms with Crippen molar-refractivity contribution < 1.29 is 19.2 Å². The molecule has 258 valence electrons. The number of rotatable bonds is 10. The number of nitrogens with one attached hydrogen (secondary N) is 4. The SMILES string of the molecule is CNC(=O)[C@H](CCCc1ccccc1)NC(=O)C1CN(C(=O)Cc2c[nH]c3cc(Cl)ccc23)CC2CN(C(=O)c3ccc4n[nH]nc4c3)CC21. The van der Waals surface area contributed by atoms with Gasteiger partial charge < -0.3 is 25.4 Å². The van der Waals surface area contributed by atoms with Crippen molar-refractivity contribution in [1.29, 1.82) is 0 Å². The molecule has 0 saturated carbocycles. The molecule has 12 nitrogen and oxygen atoms in total. The van der Waals surface area contributed by atoms with Crippen molar-refractivity contribution in [3.8, 4) is 0 Å². The Kier molecular flexibility index (Phi) is 9.53. The standard InChI is InChI=1S/C37H39ClN8O4/c1-39-36(49)31(9-5-8-22-6-3-2-4-7-22)41-35(48)29-21-45(34(47)15-24-17-40-32-16-26(38)11-12-27(24)32)18-25-19-46(20-28(25)29)37(50)23-10-13-30-33(14-23)43-44-42-30/h2-4,6-7,10-14,16-17,25,28-29,31,40H,5,8-9,15,18-21H2,1H3,(H,39,49)(H,41,48)(H,42,43,44)/t25?,28?,29?,31-/m0/s1. The molecule has 4 amide bonds. The highest BCUT2D eigenvalue weighted by Crippen LogP contribution is 2.37. The molecule has 0 aliphatic carbocycles. The van der Waals surface area contributed by atoms with Crippen LogP contribution in [0, 0.1) is 17.8 Å². The van der Waals surface area contributed by atoms with E-state index in [1.165, 1.54) is 0 Å². The number of carbonyl (C=O) groups excluding carboxylic acids is 4. The third-order valence-electron chi connectivity index (χ3n) is 10.2. The molecule has 2 aliphatic rings. The largest absolute Gasteiger partial charge is 0.361 e. The van der Waals surface area contributed by atoms with Crippen LogP contribution in [0.15, 0.2) is 72.9 Å². The normalized spacial score (nSPS) is 19.4. The Bertz CT molecular complexity index is 2040. The molecule has 0 spiro atoms. The van der Waals surface area contributed by atoms with E-state index in [9.17, 15) is 19.2 Å². The zero-order valence-electron chi connectivity index (χ0n) is 27.7. The van der Waals surface area contributed by atoms with Gasteiger partial charge in [-0.2, -0.15) is 15.4 Å². The van der Waals surface area contributed by atoms with Crippen LogP contribution in [0.3, 0.4) is 0 Å². The summed E-state index contributed by atoms with van der Waals surface area (Å²) < 4.78 is 0. The van der Waals surface area contributed by atoms with Crippen LogP contribution >= 0.6 is 11.6 Å².